The van der Waals surface area contributed by atoms with Crippen LogP contribution in [0.4, 0.5) is 5.69 Å². The van der Waals surface area contributed by atoms with E-state index < -0.39 is 6.17 Å². The van der Waals surface area contributed by atoms with Crippen LogP contribution in [-0.4, -0.2) is 40.7 Å². The molecule has 1 aromatic heterocycles. The number of fused-ring (bicyclic) bond motifs is 5. The molecule has 174 valence electrons. The van der Waals surface area contributed by atoms with Crippen molar-refractivity contribution >= 4 is 34.7 Å². The number of para-hydroxylation sites is 1. The van der Waals surface area contributed by atoms with E-state index in [0.29, 0.717) is 35.7 Å². The molecule has 3 heterocycles. The fraction of sp³-hybridized carbons (Fsp3) is 0.308. The summed E-state index contributed by atoms with van der Waals surface area (Å²) >= 11 is 1.61. The number of nitrogens with zero attached hydrogens (tertiary/aromatic N) is 3. The third kappa shape index (κ3) is 3.88. The molecule has 1 N–H and O–H groups in total. The average Bonchev–Trinajstić information content (AvgIpc) is 3.43. The van der Waals surface area contributed by atoms with Gasteiger partial charge in [-0.2, -0.15) is 0 Å². The Hall–Kier alpha value is -3.52. The van der Waals surface area contributed by atoms with Gasteiger partial charge in [-0.3, -0.25) is 19.3 Å². The summed E-state index contributed by atoms with van der Waals surface area (Å²) in [6.45, 7) is 4.94. The van der Waals surface area contributed by atoms with Crippen LogP contribution in [0.1, 0.15) is 69.3 Å². The van der Waals surface area contributed by atoms with Crippen molar-refractivity contribution in [3.05, 3.63) is 81.3 Å². The molecule has 8 heteroatoms. The van der Waals surface area contributed by atoms with Gasteiger partial charge < -0.3 is 10.2 Å². The topological polar surface area (TPSA) is 82.6 Å². The number of rotatable bonds is 7. The van der Waals surface area contributed by atoms with Crippen LogP contribution < -0.4 is 10.2 Å². The van der Waals surface area contributed by atoms with Crippen molar-refractivity contribution in [2.24, 2.45) is 0 Å². The smallest absolute Gasteiger partial charge is 0.260 e. The molecule has 0 saturated heterocycles. The normalized spacial score (nSPS) is 16.5. The lowest BCUT2D eigenvalue weighted by Gasteiger charge is -2.40. The van der Waals surface area contributed by atoms with Gasteiger partial charge in [-0.15, -0.1) is 11.3 Å². The first-order chi connectivity index (χ1) is 16.5. The zero-order valence-electron chi connectivity index (χ0n) is 19.2. The Labute approximate surface area is 202 Å². The van der Waals surface area contributed by atoms with E-state index in [4.69, 9.17) is 0 Å². The summed E-state index contributed by atoms with van der Waals surface area (Å²) in [5.74, 6) is -0.0345. The van der Waals surface area contributed by atoms with E-state index in [0.717, 1.165) is 16.3 Å². The molecule has 3 amide bonds. The van der Waals surface area contributed by atoms with Gasteiger partial charge in [0.15, 0.2) is 0 Å². The molecule has 1 unspecified atom stereocenters. The Bertz CT molecular complexity index is 1270. The van der Waals surface area contributed by atoms with Crippen molar-refractivity contribution in [2.45, 2.75) is 38.8 Å². The van der Waals surface area contributed by atoms with Crippen LogP contribution >= 0.6 is 11.3 Å². The van der Waals surface area contributed by atoms with Crippen molar-refractivity contribution in [1.29, 1.82) is 0 Å². The van der Waals surface area contributed by atoms with E-state index >= 15 is 0 Å². The molecule has 0 saturated carbocycles. The lowest BCUT2D eigenvalue weighted by molar-refractivity contribution is -0.121. The molecule has 5 rings (SSSR count). The monoisotopic (exact) mass is 474 g/mol. The Kier molecular flexibility index (Phi) is 5.91. The summed E-state index contributed by atoms with van der Waals surface area (Å²) in [5, 5.41) is 6.01. The van der Waals surface area contributed by atoms with Crippen LogP contribution in [0.5, 0.6) is 0 Å². The van der Waals surface area contributed by atoms with Crippen molar-refractivity contribution in [1.82, 2.24) is 15.2 Å². The maximum absolute atomic E-state index is 13.4. The van der Waals surface area contributed by atoms with Gasteiger partial charge in [0.1, 0.15) is 6.17 Å². The summed E-state index contributed by atoms with van der Waals surface area (Å²) in [7, 11) is 0. The first-order valence-electron chi connectivity index (χ1n) is 11.5. The summed E-state index contributed by atoms with van der Waals surface area (Å²) < 4.78 is 0. The lowest BCUT2D eigenvalue weighted by Crippen LogP contribution is -2.49. The molecule has 0 bridgehead atoms. The van der Waals surface area contributed by atoms with Crippen molar-refractivity contribution < 1.29 is 14.4 Å². The van der Waals surface area contributed by atoms with E-state index in [9.17, 15) is 14.4 Å². The summed E-state index contributed by atoms with van der Waals surface area (Å²) in [4.78, 5) is 47.1. The molecular formula is C26H26N4O3S. The van der Waals surface area contributed by atoms with Gasteiger partial charge in [-0.05, 0) is 24.1 Å². The highest BCUT2D eigenvalue weighted by atomic mass is 32.1. The molecule has 7 nitrogen and oxygen atoms in total. The Morgan fingerprint density at radius 3 is 2.56 bits per heavy atom. The van der Waals surface area contributed by atoms with Gasteiger partial charge in [0, 0.05) is 42.4 Å². The van der Waals surface area contributed by atoms with E-state index in [2.05, 4.69) is 29.5 Å². The zero-order chi connectivity index (χ0) is 23.8. The van der Waals surface area contributed by atoms with Crippen LogP contribution in [0.25, 0.3) is 0 Å². The number of carbonyl (C=O) groups is 3. The predicted molar refractivity (Wildman–Crippen MR) is 131 cm³/mol. The van der Waals surface area contributed by atoms with Crippen LogP contribution in [0.2, 0.25) is 0 Å². The van der Waals surface area contributed by atoms with E-state index in [-0.39, 0.29) is 30.7 Å². The Morgan fingerprint density at radius 2 is 1.79 bits per heavy atom. The van der Waals surface area contributed by atoms with Gasteiger partial charge in [0.05, 0.1) is 22.0 Å². The maximum Gasteiger partial charge on any atom is 0.260 e. The molecule has 0 fully saturated rings. The fourth-order valence-corrected chi connectivity index (χ4v) is 5.48. The maximum atomic E-state index is 13.4. The van der Waals surface area contributed by atoms with E-state index in [1.54, 1.807) is 45.4 Å². The fourth-order valence-electron chi connectivity index (χ4n) is 4.52. The minimum atomic E-state index is -0.538. The Balaban J connectivity index is 1.28. The highest BCUT2D eigenvalue weighted by Crippen LogP contribution is 2.45. The third-order valence-electron chi connectivity index (χ3n) is 6.28. The second-order valence-electron chi connectivity index (χ2n) is 8.82. The number of hydrogen-bond acceptors (Lipinski definition) is 5. The summed E-state index contributed by atoms with van der Waals surface area (Å²) in [6, 6.07) is 14.5. The van der Waals surface area contributed by atoms with E-state index in [1.807, 2.05) is 24.3 Å². The number of aromatic nitrogens is 1. The van der Waals surface area contributed by atoms with Crippen molar-refractivity contribution in [3.8, 4) is 0 Å². The van der Waals surface area contributed by atoms with Gasteiger partial charge in [0.2, 0.25) is 5.91 Å². The molecule has 0 spiro atoms. The van der Waals surface area contributed by atoms with Crippen LogP contribution in [0, 0.1) is 0 Å². The zero-order valence-corrected chi connectivity index (χ0v) is 20.0. The van der Waals surface area contributed by atoms with Crippen molar-refractivity contribution in [2.75, 3.05) is 18.0 Å². The largest absolute Gasteiger partial charge is 0.356 e. The molecule has 2 aliphatic heterocycles. The average molecular weight is 475 g/mol. The molecule has 2 aliphatic rings. The lowest BCUT2D eigenvalue weighted by atomic mass is 10.0. The minimum Gasteiger partial charge on any atom is -0.356 e. The number of anilines is 1. The second-order valence-corrected chi connectivity index (χ2v) is 9.77. The van der Waals surface area contributed by atoms with Gasteiger partial charge in [-0.1, -0.05) is 44.2 Å². The number of hydrogen-bond donors (Lipinski definition) is 1. The highest BCUT2D eigenvalue weighted by Gasteiger charge is 2.47. The standard InChI is InChI=1S/C26H26N4O3S/c1-16(2)20-15-34-23(28-20)11-13-27-22(31)12-14-29-24-17-7-3-4-8-18(17)26(33)30(24)21-10-6-5-9-19(21)25(29)32/h3-10,15-16,24H,11-14H2,1-2H3,(H,27,31). The Morgan fingerprint density at radius 1 is 1.06 bits per heavy atom. The third-order valence-corrected chi connectivity index (χ3v) is 7.21. The molecule has 34 heavy (non-hydrogen) atoms. The predicted octanol–water partition coefficient (Wildman–Crippen LogP) is 4.13. The van der Waals surface area contributed by atoms with Gasteiger partial charge >= 0.3 is 0 Å². The number of nitrogens with one attached hydrogen (secondary N) is 1. The minimum absolute atomic E-state index is 0.126. The molecule has 1 atom stereocenters. The van der Waals surface area contributed by atoms with Crippen LogP contribution in [0.3, 0.4) is 0 Å². The highest BCUT2D eigenvalue weighted by molar-refractivity contribution is 7.09. The summed E-state index contributed by atoms with van der Waals surface area (Å²) in [5.41, 5.74) is 3.55. The molecule has 0 aliphatic carbocycles. The second kappa shape index (κ2) is 9.02. The van der Waals surface area contributed by atoms with E-state index in [1.165, 1.54) is 0 Å². The first-order valence-corrected chi connectivity index (χ1v) is 12.4. The molecule has 0 radical (unpaired) electrons. The molecular weight excluding hydrogens is 448 g/mol. The molecule has 3 aromatic rings. The number of benzene rings is 2. The van der Waals surface area contributed by atoms with Crippen LogP contribution in [-0.2, 0) is 11.2 Å². The SMILES string of the molecule is CC(C)c1csc(CCNC(=O)CCN2C(=O)c3ccccc3N3C(=O)c4ccccc4C23)n1. The van der Waals surface area contributed by atoms with Crippen molar-refractivity contribution in [3.63, 3.8) is 0 Å². The first kappa shape index (κ1) is 22.3. The van der Waals surface area contributed by atoms with Gasteiger partial charge in [-0.25, -0.2) is 4.98 Å². The number of amides is 3. The number of carbonyl (C=O) groups excluding carboxylic acids is 3. The quantitative estimate of drug-likeness (QED) is 0.558. The van der Waals surface area contributed by atoms with Crippen LogP contribution in [0.15, 0.2) is 53.9 Å². The number of thiazole rings is 1. The van der Waals surface area contributed by atoms with Gasteiger partial charge in [0.25, 0.3) is 11.8 Å². The molecule has 2 aromatic carbocycles. The summed E-state index contributed by atoms with van der Waals surface area (Å²) in [6.07, 6.45) is 0.296.